The van der Waals surface area contributed by atoms with E-state index in [2.05, 4.69) is 64.5 Å². The molecule has 42 heavy (non-hydrogen) atoms. The Balaban J connectivity index is 1.11. The molecule has 6 heterocycles. The van der Waals surface area contributed by atoms with Crippen LogP contribution >= 0.6 is 0 Å². The van der Waals surface area contributed by atoms with Crippen molar-refractivity contribution in [1.29, 1.82) is 0 Å². The van der Waals surface area contributed by atoms with Gasteiger partial charge in [0.2, 0.25) is 0 Å². The van der Waals surface area contributed by atoms with Crippen LogP contribution in [-0.4, -0.2) is 172 Å². The highest BCUT2D eigenvalue weighted by atomic mass is 16.5. The lowest BCUT2D eigenvalue weighted by molar-refractivity contribution is -0.134. The predicted molar refractivity (Wildman–Crippen MR) is 169 cm³/mol. The molecule has 7 unspecified atom stereocenters. The molecule has 240 valence electrons. The zero-order chi connectivity index (χ0) is 29.2. The van der Waals surface area contributed by atoms with Crippen molar-refractivity contribution in [1.82, 2.24) is 29.4 Å². The van der Waals surface area contributed by atoms with Crippen LogP contribution in [0, 0.1) is 17.3 Å². The maximum Gasteiger partial charge on any atom is 0.0651 e. The first-order valence-electron chi connectivity index (χ1n) is 17.6. The summed E-state index contributed by atoms with van der Waals surface area (Å²) < 4.78 is 11.6. The van der Waals surface area contributed by atoms with Crippen molar-refractivity contribution < 1.29 is 9.47 Å². The van der Waals surface area contributed by atoms with Crippen molar-refractivity contribution in [2.75, 3.05) is 101 Å². The van der Waals surface area contributed by atoms with Gasteiger partial charge in [-0.15, -0.1) is 0 Å². The number of morpholine rings is 1. The molecule has 0 aromatic carbocycles. The molecule has 8 heteroatoms. The highest BCUT2D eigenvalue weighted by Crippen LogP contribution is 2.52. The smallest absolute Gasteiger partial charge is 0.0651 e. The Kier molecular flexibility index (Phi) is 8.52. The third-order valence-electron chi connectivity index (χ3n) is 13.7. The summed E-state index contributed by atoms with van der Waals surface area (Å²) in [6, 6.07) is 4.00. The van der Waals surface area contributed by atoms with Gasteiger partial charge in [-0.05, 0) is 111 Å². The molecule has 7 fully saturated rings. The number of nitrogens with zero attached hydrogens (tertiary/aromatic N) is 6. The van der Waals surface area contributed by atoms with Gasteiger partial charge in [-0.2, -0.15) is 0 Å². The zero-order valence-electron chi connectivity index (χ0n) is 27.8. The number of likely N-dealkylation sites (tertiary alicyclic amines) is 5. The van der Waals surface area contributed by atoms with Gasteiger partial charge in [0.1, 0.15) is 0 Å². The Morgan fingerprint density at radius 3 is 2.36 bits per heavy atom. The van der Waals surface area contributed by atoms with Gasteiger partial charge < -0.3 is 19.3 Å². The van der Waals surface area contributed by atoms with Crippen LogP contribution in [0.25, 0.3) is 0 Å². The number of methoxy groups -OCH3 is 1. The van der Waals surface area contributed by atoms with Gasteiger partial charge in [0, 0.05) is 80.5 Å². The topological polar surface area (TPSA) is 37.9 Å². The monoisotopic (exact) mass is 586 g/mol. The summed E-state index contributed by atoms with van der Waals surface area (Å²) in [5.41, 5.74) is 0.737. The zero-order valence-corrected chi connectivity index (χ0v) is 27.8. The second-order valence-electron chi connectivity index (χ2n) is 16.4. The molecule has 0 N–H and O–H groups in total. The van der Waals surface area contributed by atoms with Crippen LogP contribution in [0.4, 0.5) is 0 Å². The number of fused-ring (bicyclic) bond motifs is 2. The number of rotatable bonds is 7. The molecule has 8 nitrogen and oxygen atoms in total. The average molecular weight is 587 g/mol. The molecule has 6 aliphatic heterocycles. The van der Waals surface area contributed by atoms with Crippen LogP contribution in [0.15, 0.2) is 0 Å². The summed E-state index contributed by atoms with van der Waals surface area (Å²) in [4.78, 5) is 16.8. The van der Waals surface area contributed by atoms with E-state index in [0.29, 0.717) is 41.2 Å². The third-order valence-corrected chi connectivity index (χ3v) is 13.7. The van der Waals surface area contributed by atoms with Crippen molar-refractivity contribution in [3.8, 4) is 0 Å². The fourth-order valence-corrected chi connectivity index (χ4v) is 11.5. The summed E-state index contributed by atoms with van der Waals surface area (Å²) >= 11 is 0. The first-order chi connectivity index (χ1) is 20.2. The first kappa shape index (κ1) is 30.3. The van der Waals surface area contributed by atoms with E-state index < -0.39 is 0 Å². The average Bonchev–Trinajstić information content (AvgIpc) is 3.28. The number of hydrogen-bond acceptors (Lipinski definition) is 8. The van der Waals surface area contributed by atoms with E-state index in [1.807, 2.05) is 7.11 Å². The van der Waals surface area contributed by atoms with Crippen LogP contribution in [0.1, 0.15) is 58.3 Å². The summed E-state index contributed by atoms with van der Waals surface area (Å²) in [7, 11) is 11.5. The molecule has 2 bridgehead atoms. The van der Waals surface area contributed by atoms with Crippen LogP contribution in [0.5, 0.6) is 0 Å². The van der Waals surface area contributed by atoms with Gasteiger partial charge in [-0.1, -0.05) is 6.92 Å². The van der Waals surface area contributed by atoms with E-state index in [9.17, 15) is 0 Å². The number of likely N-dealkylation sites (N-methyl/N-ethyl adjacent to an activating group) is 2. The van der Waals surface area contributed by atoms with E-state index >= 15 is 0 Å². The lowest BCUT2D eigenvalue weighted by atomic mass is 9.66. The standard InChI is InChI=1S/C34H62N6O2/c1-25-17-34(18-25)24-42-14-13-39(34)20-26-7-12-36(3)31(15-26)33-19-30(40(23-33)27-8-10-35(2)11-9-27)32(37(4)22-33)29-16-28(21-41-6)38(29)5/h25-32H,7-24H2,1-6H3. The summed E-state index contributed by atoms with van der Waals surface area (Å²) in [6.07, 6.45) is 10.8. The minimum atomic E-state index is 0.353. The maximum atomic E-state index is 6.05. The lowest BCUT2D eigenvalue weighted by Crippen LogP contribution is -2.70. The van der Waals surface area contributed by atoms with Crippen molar-refractivity contribution >= 4 is 0 Å². The molecular formula is C34H62N6O2. The summed E-state index contributed by atoms with van der Waals surface area (Å²) in [6.45, 7) is 14.0. The fraction of sp³-hybridized carbons (Fsp3) is 1.00. The van der Waals surface area contributed by atoms with Crippen LogP contribution in [0.3, 0.4) is 0 Å². The number of ether oxygens (including phenoxy) is 2. The molecule has 0 radical (unpaired) electrons. The van der Waals surface area contributed by atoms with E-state index in [-0.39, 0.29) is 0 Å². The Labute approximate surface area is 257 Å². The summed E-state index contributed by atoms with van der Waals surface area (Å²) in [5.74, 6) is 1.68. The van der Waals surface area contributed by atoms with Gasteiger partial charge in [0.25, 0.3) is 0 Å². The van der Waals surface area contributed by atoms with E-state index in [1.165, 1.54) is 90.6 Å². The quantitative estimate of drug-likeness (QED) is 0.451. The highest BCUT2D eigenvalue weighted by Gasteiger charge is 2.61. The molecule has 7 rings (SSSR count). The molecule has 1 aliphatic carbocycles. The normalized spacial score (nSPS) is 47.1. The fourth-order valence-electron chi connectivity index (χ4n) is 11.5. The Morgan fingerprint density at radius 2 is 1.64 bits per heavy atom. The van der Waals surface area contributed by atoms with Gasteiger partial charge >= 0.3 is 0 Å². The molecule has 0 amide bonds. The van der Waals surface area contributed by atoms with Crippen molar-refractivity contribution in [2.45, 2.75) is 100 Å². The van der Waals surface area contributed by atoms with E-state index in [1.54, 1.807) is 0 Å². The molecule has 1 spiro atoms. The van der Waals surface area contributed by atoms with Crippen molar-refractivity contribution in [2.24, 2.45) is 17.3 Å². The van der Waals surface area contributed by atoms with Crippen LogP contribution in [0.2, 0.25) is 0 Å². The summed E-state index contributed by atoms with van der Waals surface area (Å²) in [5, 5.41) is 0. The molecule has 0 aromatic heterocycles. The van der Waals surface area contributed by atoms with E-state index in [4.69, 9.17) is 9.47 Å². The maximum absolute atomic E-state index is 6.05. The van der Waals surface area contributed by atoms with Gasteiger partial charge in [-0.3, -0.25) is 19.6 Å². The van der Waals surface area contributed by atoms with Gasteiger partial charge in [0.05, 0.1) is 19.8 Å². The van der Waals surface area contributed by atoms with Gasteiger partial charge in [0.15, 0.2) is 0 Å². The Morgan fingerprint density at radius 1 is 0.857 bits per heavy atom. The lowest BCUT2D eigenvalue weighted by Gasteiger charge is -2.59. The molecular weight excluding hydrogens is 524 g/mol. The predicted octanol–water partition coefficient (Wildman–Crippen LogP) is 2.39. The van der Waals surface area contributed by atoms with Crippen LogP contribution in [-0.2, 0) is 9.47 Å². The van der Waals surface area contributed by atoms with Crippen LogP contribution < -0.4 is 0 Å². The second-order valence-corrected chi connectivity index (χ2v) is 16.4. The molecule has 0 aromatic rings. The molecule has 6 saturated heterocycles. The molecule has 7 aliphatic rings. The van der Waals surface area contributed by atoms with Gasteiger partial charge in [-0.25, -0.2) is 0 Å². The highest BCUT2D eigenvalue weighted by molar-refractivity contribution is 5.17. The second kappa shape index (κ2) is 11.8. The molecule has 1 saturated carbocycles. The van der Waals surface area contributed by atoms with Crippen molar-refractivity contribution in [3.63, 3.8) is 0 Å². The number of hydrogen-bond donors (Lipinski definition) is 0. The SMILES string of the molecule is COCC1CC(C2C3CC(C4CC(CN5CCOCC56CC(C)C6)CCN4C)(CN2C)CN3C2CCN(C)CC2)N1C. The molecule has 7 atom stereocenters. The Hall–Kier alpha value is -0.320. The minimum Gasteiger partial charge on any atom is -0.383 e. The Bertz CT molecular complexity index is 933. The van der Waals surface area contributed by atoms with E-state index in [0.717, 1.165) is 44.2 Å². The largest absolute Gasteiger partial charge is 0.383 e. The number of piperidine rings is 3. The first-order valence-corrected chi connectivity index (χ1v) is 17.6. The third kappa shape index (κ3) is 5.22. The van der Waals surface area contributed by atoms with Crippen molar-refractivity contribution in [3.05, 3.63) is 0 Å². The minimum absolute atomic E-state index is 0.353.